The zero-order chi connectivity index (χ0) is 12.1. The van der Waals surface area contributed by atoms with Crippen LogP contribution in [0.5, 0.6) is 11.5 Å². The summed E-state index contributed by atoms with van der Waals surface area (Å²) in [6.45, 7) is 1.39. The van der Waals surface area contributed by atoms with E-state index in [0.717, 1.165) is 0 Å². The first kappa shape index (κ1) is 11.8. The number of anilines is 1. The number of nitrogens with zero attached hydrogens (tertiary/aromatic N) is 2. The van der Waals surface area contributed by atoms with Crippen LogP contribution in [0.4, 0.5) is 11.4 Å². The van der Waals surface area contributed by atoms with Crippen LogP contribution in [0.25, 0.3) is 4.98 Å². The summed E-state index contributed by atoms with van der Waals surface area (Å²) in [5.74, 6) is 0.505. The first-order chi connectivity index (χ1) is 7.62. The van der Waals surface area contributed by atoms with E-state index in [-0.39, 0.29) is 11.6 Å². The minimum absolute atomic E-state index is 0.228. The molecule has 0 heterocycles. The molecule has 0 fully saturated rings. The Kier molecular flexibility index (Phi) is 3.67. The summed E-state index contributed by atoms with van der Waals surface area (Å²) in [5.41, 5.74) is 0.688. The van der Waals surface area contributed by atoms with E-state index in [1.807, 2.05) is 0 Å². The number of benzene rings is 1. The highest BCUT2D eigenvalue weighted by Crippen LogP contribution is 2.37. The summed E-state index contributed by atoms with van der Waals surface area (Å²) in [4.78, 5) is 14.0. The van der Waals surface area contributed by atoms with Crippen LogP contribution in [0.2, 0.25) is 0 Å². The molecule has 6 nitrogen and oxygen atoms in total. The Labute approximate surface area is 92.8 Å². The molecule has 0 bridgehead atoms. The molecule has 0 aliphatic heterocycles. The lowest BCUT2D eigenvalue weighted by atomic mass is 10.2. The number of hydrogen-bond acceptors (Lipinski definition) is 4. The van der Waals surface area contributed by atoms with E-state index < -0.39 is 0 Å². The van der Waals surface area contributed by atoms with E-state index in [2.05, 4.69) is 10.3 Å². The normalized spacial score (nSPS) is 9.12. The molecule has 0 unspecified atom stereocenters. The van der Waals surface area contributed by atoms with Gasteiger partial charge in [-0.1, -0.05) is 0 Å². The summed E-state index contributed by atoms with van der Waals surface area (Å²) in [7, 11) is 2.89. The van der Waals surface area contributed by atoms with Crippen molar-refractivity contribution in [3.05, 3.63) is 17.1 Å². The van der Waals surface area contributed by atoms with E-state index in [0.29, 0.717) is 17.2 Å². The molecule has 1 aromatic carbocycles. The molecule has 1 N–H and O–H groups in total. The smallest absolute Gasteiger partial charge is 0.430 e. The first-order valence-corrected chi connectivity index (χ1v) is 4.51. The maximum atomic E-state index is 11.0. The van der Waals surface area contributed by atoms with Crippen molar-refractivity contribution in [2.24, 2.45) is 0 Å². The van der Waals surface area contributed by atoms with Crippen molar-refractivity contribution >= 4 is 17.3 Å². The Hall–Kier alpha value is -2.29. The maximum absolute atomic E-state index is 11.0. The summed E-state index contributed by atoms with van der Waals surface area (Å²) in [6.07, 6.45) is 0. The van der Waals surface area contributed by atoms with Gasteiger partial charge in [0.25, 0.3) is 0 Å². The van der Waals surface area contributed by atoms with E-state index in [1.165, 1.54) is 33.3 Å². The van der Waals surface area contributed by atoms with Crippen LogP contribution < -0.4 is 14.8 Å². The molecule has 0 spiro atoms. The highest BCUT2D eigenvalue weighted by atomic mass is 16.5. The zero-order valence-electron chi connectivity index (χ0n) is 9.27. The Balaban J connectivity index is 3.27. The molecule has 1 aromatic rings. The second kappa shape index (κ2) is 4.98. The maximum Gasteiger partial charge on any atom is 0.430 e. The largest absolute Gasteiger partial charge is 0.494 e. The molecular formula is C10H12N3O3+. The molecule has 1 rings (SSSR count). The number of rotatable bonds is 3. The van der Waals surface area contributed by atoms with Gasteiger partial charge in [-0.25, -0.2) is 0 Å². The van der Waals surface area contributed by atoms with Crippen molar-refractivity contribution in [1.82, 2.24) is 0 Å². The van der Waals surface area contributed by atoms with Crippen molar-refractivity contribution in [3.8, 4) is 11.5 Å². The van der Waals surface area contributed by atoms with Crippen molar-refractivity contribution in [2.45, 2.75) is 6.92 Å². The molecule has 0 aliphatic carbocycles. The predicted octanol–water partition coefficient (Wildman–Crippen LogP) is 2.15. The lowest BCUT2D eigenvalue weighted by molar-refractivity contribution is -0.114. The van der Waals surface area contributed by atoms with Crippen LogP contribution in [0.3, 0.4) is 0 Å². The number of carbonyl (C=O) groups excluding carboxylic acids is 1. The van der Waals surface area contributed by atoms with E-state index in [9.17, 15) is 4.79 Å². The molecule has 0 saturated carbocycles. The number of nitrogens with one attached hydrogen (secondary N) is 1. The quantitative estimate of drug-likeness (QED) is 0.795. The third-order valence-corrected chi connectivity index (χ3v) is 1.92. The second-order valence-electron chi connectivity index (χ2n) is 3.01. The minimum atomic E-state index is -0.228. The molecule has 84 valence electrons. The first-order valence-electron chi connectivity index (χ1n) is 4.51. The van der Waals surface area contributed by atoms with Gasteiger partial charge >= 0.3 is 5.69 Å². The Bertz CT molecular complexity index is 451. The SMILES string of the molecule is COc1cc(NC(C)=O)c(OC)cc1[N+]#N. The molecule has 0 saturated heterocycles. The van der Waals surface area contributed by atoms with Crippen LogP contribution in [0.1, 0.15) is 6.92 Å². The molecule has 1 amide bonds. The lowest BCUT2D eigenvalue weighted by Gasteiger charge is -2.08. The van der Waals surface area contributed by atoms with Crippen LogP contribution in [-0.2, 0) is 4.79 Å². The second-order valence-corrected chi connectivity index (χ2v) is 3.01. The predicted molar refractivity (Wildman–Crippen MR) is 58.6 cm³/mol. The van der Waals surface area contributed by atoms with Gasteiger partial charge in [0, 0.05) is 13.0 Å². The van der Waals surface area contributed by atoms with Crippen molar-refractivity contribution in [1.29, 1.82) is 5.39 Å². The van der Waals surface area contributed by atoms with Gasteiger partial charge in [-0.15, -0.1) is 0 Å². The third kappa shape index (κ3) is 2.39. The van der Waals surface area contributed by atoms with Gasteiger partial charge in [-0.05, 0) is 0 Å². The summed E-state index contributed by atoms with van der Waals surface area (Å²) in [6, 6.07) is 2.99. The number of diazo groups is 1. The van der Waals surface area contributed by atoms with Crippen molar-refractivity contribution in [3.63, 3.8) is 0 Å². The monoisotopic (exact) mass is 222 g/mol. The number of methoxy groups -OCH3 is 2. The van der Waals surface area contributed by atoms with E-state index in [1.54, 1.807) is 0 Å². The Morgan fingerprint density at radius 1 is 1.31 bits per heavy atom. The molecule has 0 aromatic heterocycles. The zero-order valence-corrected chi connectivity index (χ0v) is 9.27. The van der Waals surface area contributed by atoms with Crippen LogP contribution in [0, 0.1) is 5.39 Å². The number of hydrogen-bond donors (Lipinski definition) is 1. The molecule has 0 aliphatic rings. The fourth-order valence-corrected chi connectivity index (χ4v) is 1.25. The fraction of sp³-hybridized carbons (Fsp3) is 0.300. The van der Waals surface area contributed by atoms with Crippen molar-refractivity contribution in [2.75, 3.05) is 19.5 Å². The molecule has 16 heavy (non-hydrogen) atoms. The highest BCUT2D eigenvalue weighted by molar-refractivity contribution is 5.91. The summed E-state index contributed by atoms with van der Waals surface area (Å²) < 4.78 is 10.0. The van der Waals surface area contributed by atoms with E-state index in [4.69, 9.17) is 14.9 Å². The van der Waals surface area contributed by atoms with E-state index >= 15 is 0 Å². The average molecular weight is 222 g/mol. The lowest BCUT2D eigenvalue weighted by Crippen LogP contribution is -2.07. The Morgan fingerprint density at radius 2 is 1.94 bits per heavy atom. The Morgan fingerprint density at radius 3 is 2.38 bits per heavy atom. The van der Waals surface area contributed by atoms with Crippen molar-refractivity contribution < 1.29 is 14.3 Å². The molecule has 6 heteroatoms. The minimum Gasteiger partial charge on any atom is -0.494 e. The average Bonchev–Trinajstić information content (AvgIpc) is 2.27. The topological polar surface area (TPSA) is 75.7 Å². The number of amides is 1. The van der Waals surface area contributed by atoms with Gasteiger partial charge in [0.2, 0.25) is 17.0 Å². The van der Waals surface area contributed by atoms with Crippen LogP contribution >= 0.6 is 0 Å². The summed E-state index contributed by atoms with van der Waals surface area (Å²) in [5, 5.41) is 11.3. The molecular weight excluding hydrogens is 210 g/mol. The molecule has 0 atom stereocenters. The third-order valence-electron chi connectivity index (χ3n) is 1.92. The van der Waals surface area contributed by atoms with Gasteiger partial charge in [0.15, 0.2) is 10.7 Å². The van der Waals surface area contributed by atoms with Crippen LogP contribution in [0.15, 0.2) is 12.1 Å². The van der Waals surface area contributed by atoms with Crippen LogP contribution in [-0.4, -0.2) is 20.1 Å². The highest BCUT2D eigenvalue weighted by Gasteiger charge is 2.20. The standard InChI is InChI=1S/C10H11N3O3/c1-6(14)12-7-4-10(16-3)8(13-11)5-9(7)15-2/h4-5H,1-3H3/p+1. The van der Waals surface area contributed by atoms with Gasteiger partial charge in [0.1, 0.15) is 0 Å². The molecule has 0 radical (unpaired) electrons. The van der Waals surface area contributed by atoms with Gasteiger partial charge in [-0.2, -0.15) is 0 Å². The van der Waals surface area contributed by atoms with Gasteiger partial charge < -0.3 is 14.8 Å². The fourth-order valence-electron chi connectivity index (χ4n) is 1.25. The number of ether oxygens (including phenoxy) is 2. The number of carbonyl (C=O) groups is 1. The summed E-state index contributed by atoms with van der Waals surface area (Å²) >= 11 is 0. The van der Waals surface area contributed by atoms with Gasteiger partial charge in [0.05, 0.1) is 26.0 Å². The van der Waals surface area contributed by atoms with Gasteiger partial charge in [-0.3, -0.25) is 4.79 Å².